The van der Waals surface area contributed by atoms with E-state index < -0.39 is 94.5 Å². The fourth-order valence-electron chi connectivity index (χ4n) is 5.92. The molecule has 3 fully saturated rings. The summed E-state index contributed by atoms with van der Waals surface area (Å²) in [5, 5.41) is 36.9. The third-order valence-corrected chi connectivity index (χ3v) is 11.4. The second-order valence-electron chi connectivity index (χ2n) is 12.4. The molecular formula is C33H37N3O14S2. The first kappa shape index (κ1) is 38.2. The van der Waals surface area contributed by atoms with Crippen LogP contribution in [0, 0.1) is 13.8 Å². The first-order chi connectivity index (χ1) is 24.8. The van der Waals surface area contributed by atoms with Gasteiger partial charge in [-0.1, -0.05) is 70.8 Å². The van der Waals surface area contributed by atoms with E-state index in [2.05, 4.69) is 10.0 Å². The molecule has 0 bridgehead atoms. The Labute approximate surface area is 299 Å². The Hall–Kier alpha value is -3.53. The number of benzene rings is 3. The predicted octanol–water partition coefficient (Wildman–Crippen LogP) is 2.13. The molecule has 0 aliphatic carbocycles. The standard InChI is InChI=1S/C33H37N3O14S2/c1-18-8-12-21(13-9-18)51(40,41)45-17-24-28(25(37)26(38)31(46-24)35-36-34)48-33-27(39)30(50-52(42,43)22-14-10-19(2)11-15-22)29-23(47-33)16-44-32(49-29)20-6-4-3-5-7-20/h3-15,23-33,37-39H,16-17H2,1-2H3/t23?,24?,25?,26?,27?,28-,29+,30?,31-,32?,33+/m1/s1. The van der Waals surface area contributed by atoms with Crippen molar-refractivity contribution in [3.63, 3.8) is 0 Å². The SMILES string of the molecule is Cc1ccc(S(=O)(=O)OCC2O[C@@H](N=[N+]=[N-])C(O)C(O)[C@@H]2O[C@@H]2OC3COC(c4ccccc4)O[C@@H]3C(OS(=O)(=O)c3ccc(C)cc3)C2O)cc1. The van der Waals surface area contributed by atoms with E-state index in [0.29, 0.717) is 5.56 Å². The van der Waals surface area contributed by atoms with Gasteiger partial charge in [-0.25, -0.2) is 0 Å². The molecule has 3 saturated heterocycles. The van der Waals surface area contributed by atoms with Gasteiger partial charge in [-0.05, 0) is 43.6 Å². The summed E-state index contributed by atoms with van der Waals surface area (Å²) in [7, 11) is -8.93. The maximum absolute atomic E-state index is 13.5. The van der Waals surface area contributed by atoms with Crippen molar-refractivity contribution in [3.8, 4) is 0 Å². The molecule has 3 heterocycles. The van der Waals surface area contributed by atoms with Gasteiger partial charge in [0.1, 0.15) is 48.8 Å². The molecule has 3 N–H and O–H groups in total. The third kappa shape index (κ3) is 8.32. The van der Waals surface area contributed by atoms with Gasteiger partial charge >= 0.3 is 0 Å². The minimum absolute atomic E-state index is 0.184. The zero-order valence-corrected chi connectivity index (χ0v) is 29.4. The zero-order chi connectivity index (χ0) is 37.2. The van der Waals surface area contributed by atoms with Crippen LogP contribution in [0.5, 0.6) is 0 Å². The van der Waals surface area contributed by atoms with Gasteiger partial charge < -0.3 is 39.0 Å². The smallest absolute Gasteiger partial charge is 0.297 e. The number of hydrogen-bond donors (Lipinski definition) is 3. The van der Waals surface area contributed by atoms with Crippen molar-refractivity contribution in [1.29, 1.82) is 0 Å². The van der Waals surface area contributed by atoms with Crippen molar-refractivity contribution in [3.05, 3.63) is 106 Å². The summed E-state index contributed by atoms with van der Waals surface area (Å²) in [5.74, 6) is 0. The Morgan fingerprint density at radius 3 is 2.02 bits per heavy atom. The van der Waals surface area contributed by atoms with E-state index in [0.717, 1.165) is 11.1 Å². The van der Waals surface area contributed by atoms with Crippen molar-refractivity contribution in [2.75, 3.05) is 13.2 Å². The number of ether oxygens (including phenoxy) is 5. The molecule has 52 heavy (non-hydrogen) atoms. The lowest BCUT2D eigenvalue weighted by molar-refractivity contribution is -0.375. The zero-order valence-electron chi connectivity index (χ0n) is 27.8. The number of aryl methyl sites for hydroxylation is 2. The summed E-state index contributed by atoms with van der Waals surface area (Å²) in [6.07, 6.45) is -17.5. The molecule has 3 aliphatic heterocycles. The van der Waals surface area contributed by atoms with Crippen LogP contribution >= 0.6 is 0 Å². The lowest BCUT2D eigenvalue weighted by Crippen LogP contribution is -2.66. The van der Waals surface area contributed by atoms with Crippen molar-refractivity contribution in [1.82, 2.24) is 0 Å². The van der Waals surface area contributed by atoms with E-state index in [1.54, 1.807) is 68.4 Å². The highest BCUT2D eigenvalue weighted by Crippen LogP contribution is 2.38. The summed E-state index contributed by atoms with van der Waals surface area (Å²) < 4.78 is 93.6. The normalized spacial score (nSPS) is 32.4. The number of aliphatic hydroxyl groups excluding tert-OH is 3. The summed E-state index contributed by atoms with van der Waals surface area (Å²) in [5.41, 5.74) is 11.2. The fourth-order valence-corrected chi connectivity index (χ4v) is 7.94. The van der Waals surface area contributed by atoms with Gasteiger partial charge in [-0.2, -0.15) is 16.8 Å². The molecule has 0 amide bonds. The van der Waals surface area contributed by atoms with Crippen LogP contribution < -0.4 is 0 Å². The largest absolute Gasteiger partial charge is 0.387 e. The van der Waals surface area contributed by atoms with E-state index in [1.165, 1.54) is 24.3 Å². The van der Waals surface area contributed by atoms with Gasteiger partial charge in [0.25, 0.3) is 20.2 Å². The van der Waals surface area contributed by atoms with Gasteiger partial charge in [0.2, 0.25) is 0 Å². The number of azide groups is 1. The number of aliphatic hydroxyl groups is 3. The highest BCUT2D eigenvalue weighted by Gasteiger charge is 2.55. The highest BCUT2D eigenvalue weighted by atomic mass is 32.2. The summed E-state index contributed by atoms with van der Waals surface area (Å²) in [6.45, 7) is 2.54. The molecule has 3 aromatic rings. The molecule has 0 saturated carbocycles. The number of rotatable bonds is 11. The van der Waals surface area contributed by atoms with E-state index in [4.69, 9.17) is 37.6 Å². The van der Waals surface area contributed by atoms with Crippen LogP contribution in [-0.2, 0) is 52.3 Å². The van der Waals surface area contributed by atoms with Crippen molar-refractivity contribution in [2.24, 2.45) is 5.11 Å². The molecule has 3 aliphatic rings. The summed E-state index contributed by atoms with van der Waals surface area (Å²) >= 11 is 0. The summed E-state index contributed by atoms with van der Waals surface area (Å²) in [6, 6.07) is 20.4. The van der Waals surface area contributed by atoms with Gasteiger partial charge in [0, 0.05) is 10.5 Å². The second-order valence-corrected chi connectivity index (χ2v) is 15.6. The van der Waals surface area contributed by atoms with Crippen molar-refractivity contribution in [2.45, 2.75) is 91.3 Å². The van der Waals surface area contributed by atoms with Crippen LogP contribution in [0.4, 0.5) is 0 Å². The van der Waals surface area contributed by atoms with E-state index >= 15 is 0 Å². The molecule has 19 heteroatoms. The first-order valence-electron chi connectivity index (χ1n) is 16.1. The molecule has 17 nitrogen and oxygen atoms in total. The lowest BCUT2D eigenvalue weighted by Gasteiger charge is -2.49. The number of nitrogens with zero attached hydrogens (tertiary/aromatic N) is 3. The molecule has 3 aromatic carbocycles. The molecule has 0 spiro atoms. The lowest BCUT2D eigenvalue weighted by atomic mass is 9.96. The topological polar surface area (TPSA) is 242 Å². The maximum Gasteiger partial charge on any atom is 0.297 e. The minimum atomic E-state index is -4.54. The Morgan fingerprint density at radius 2 is 1.40 bits per heavy atom. The van der Waals surface area contributed by atoms with Crippen LogP contribution in [0.15, 0.2) is 93.8 Å². The van der Waals surface area contributed by atoms with Crippen LogP contribution in [0.2, 0.25) is 0 Å². The van der Waals surface area contributed by atoms with E-state index in [9.17, 15) is 32.2 Å². The monoisotopic (exact) mass is 763 g/mol. The van der Waals surface area contributed by atoms with Gasteiger partial charge in [0.15, 0.2) is 18.8 Å². The van der Waals surface area contributed by atoms with Crippen LogP contribution in [0.25, 0.3) is 10.4 Å². The molecular weight excluding hydrogens is 727 g/mol. The Kier molecular flexibility index (Phi) is 11.6. The van der Waals surface area contributed by atoms with Gasteiger partial charge in [0.05, 0.1) is 23.0 Å². The Morgan fingerprint density at radius 1 is 0.788 bits per heavy atom. The average molecular weight is 764 g/mol. The Bertz CT molecular complexity index is 1950. The Balaban J connectivity index is 1.28. The van der Waals surface area contributed by atoms with Crippen LogP contribution in [0.3, 0.4) is 0 Å². The average Bonchev–Trinajstić information content (AvgIpc) is 3.13. The summed E-state index contributed by atoms with van der Waals surface area (Å²) in [4.78, 5) is 2.22. The fraction of sp³-hybridized carbons (Fsp3) is 0.455. The van der Waals surface area contributed by atoms with E-state index in [1.807, 2.05) is 0 Å². The molecule has 7 unspecified atom stereocenters. The molecule has 11 atom stereocenters. The number of fused-ring (bicyclic) bond motifs is 1. The maximum atomic E-state index is 13.5. The molecule has 0 radical (unpaired) electrons. The van der Waals surface area contributed by atoms with Gasteiger partial charge in [-0.3, -0.25) is 8.37 Å². The third-order valence-electron chi connectivity index (χ3n) is 8.74. The molecule has 0 aromatic heterocycles. The predicted molar refractivity (Wildman–Crippen MR) is 177 cm³/mol. The van der Waals surface area contributed by atoms with Crippen molar-refractivity contribution < 1.29 is 64.2 Å². The molecule has 6 rings (SSSR count). The van der Waals surface area contributed by atoms with Crippen LogP contribution in [0.1, 0.15) is 23.0 Å². The first-order valence-corrected chi connectivity index (χ1v) is 18.9. The molecule has 280 valence electrons. The van der Waals surface area contributed by atoms with E-state index in [-0.39, 0.29) is 16.4 Å². The second kappa shape index (κ2) is 15.8. The van der Waals surface area contributed by atoms with Crippen LogP contribution in [-0.4, -0.2) is 107 Å². The number of hydrogen-bond acceptors (Lipinski definition) is 15. The van der Waals surface area contributed by atoms with Crippen molar-refractivity contribution >= 4 is 20.2 Å². The minimum Gasteiger partial charge on any atom is -0.387 e. The van der Waals surface area contributed by atoms with Gasteiger partial charge in [-0.15, -0.1) is 0 Å². The quantitative estimate of drug-likeness (QED) is 0.110. The highest BCUT2D eigenvalue weighted by molar-refractivity contribution is 7.87.